The van der Waals surface area contributed by atoms with Crippen molar-refractivity contribution in [3.05, 3.63) is 60.2 Å². The summed E-state index contributed by atoms with van der Waals surface area (Å²) < 4.78 is 5.62. The number of benzene rings is 2. The third kappa shape index (κ3) is 3.89. The molecule has 2 aromatic rings. The molecule has 0 aliphatic heterocycles. The molecular weight excluding hydrogens is 242 g/mol. The molecule has 0 aliphatic carbocycles. The van der Waals surface area contributed by atoms with E-state index in [4.69, 9.17) is 15.6 Å². The van der Waals surface area contributed by atoms with Gasteiger partial charge in [0.05, 0.1) is 0 Å². The first-order chi connectivity index (χ1) is 9.13. The Balaban J connectivity index is 2.06. The van der Waals surface area contributed by atoms with Crippen LogP contribution in [0.25, 0.3) is 6.08 Å². The first-order valence-electron chi connectivity index (χ1n) is 5.68. The van der Waals surface area contributed by atoms with E-state index in [1.54, 1.807) is 48.5 Å². The number of hydrogen-bond donors (Lipinski definition) is 2. The maximum Gasteiger partial charge on any atom is 0.328 e. The number of nitrogens with two attached hydrogens (primary N) is 1. The maximum atomic E-state index is 10.4. The minimum atomic E-state index is -0.970. The van der Waals surface area contributed by atoms with Crippen molar-refractivity contribution in [1.82, 2.24) is 0 Å². The Morgan fingerprint density at radius 2 is 1.53 bits per heavy atom. The first-order valence-corrected chi connectivity index (χ1v) is 5.68. The van der Waals surface area contributed by atoms with Gasteiger partial charge in [0.15, 0.2) is 0 Å². The van der Waals surface area contributed by atoms with Gasteiger partial charge in [-0.2, -0.15) is 0 Å². The number of carboxylic acids is 1. The molecule has 0 saturated carbocycles. The lowest BCUT2D eigenvalue weighted by Crippen LogP contribution is -1.87. The topological polar surface area (TPSA) is 72.5 Å². The van der Waals surface area contributed by atoms with Crippen LogP contribution >= 0.6 is 0 Å². The lowest BCUT2D eigenvalue weighted by Gasteiger charge is -2.06. The summed E-state index contributed by atoms with van der Waals surface area (Å²) in [7, 11) is 0. The van der Waals surface area contributed by atoms with Gasteiger partial charge in [-0.1, -0.05) is 12.1 Å². The Morgan fingerprint density at radius 3 is 2.05 bits per heavy atom. The van der Waals surface area contributed by atoms with Crippen molar-refractivity contribution in [2.45, 2.75) is 0 Å². The number of aliphatic carboxylic acids is 1. The second-order valence-corrected chi connectivity index (χ2v) is 3.91. The SMILES string of the molecule is Nc1ccc(Oc2ccc(C=CC(=O)O)cc2)cc1. The van der Waals surface area contributed by atoms with E-state index in [0.29, 0.717) is 17.2 Å². The average Bonchev–Trinajstić information content (AvgIpc) is 2.40. The molecule has 0 heterocycles. The summed E-state index contributed by atoms with van der Waals surface area (Å²) in [4.78, 5) is 10.4. The molecule has 4 heteroatoms. The lowest BCUT2D eigenvalue weighted by atomic mass is 10.2. The number of ether oxygens (including phenoxy) is 1. The smallest absolute Gasteiger partial charge is 0.328 e. The van der Waals surface area contributed by atoms with Gasteiger partial charge in [0.25, 0.3) is 0 Å². The Morgan fingerprint density at radius 1 is 1.00 bits per heavy atom. The van der Waals surface area contributed by atoms with Crippen LogP contribution < -0.4 is 10.5 Å². The molecule has 0 unspecified atom stereocenters. The molecule has 3 N–H and O–H groups in total. The number of rotatable bonds is 4. The number of nitrogen functional groups attached to an aromatic ring is 1. The van der Waals surface area contributed by atoms with Crippen LogP contribution in [0.4, 0.5) is 5.69 Å². The molecule has 0 aromatic heterocycles. The van der Waals surface area contributed by atoms with Crippen molar-refractivity contribution < 1.29 is 14.6 Å². The summed E-state index contributed by atoms with van der Waals surface area (Å²) in [5.74, 6) is 0.405. The van der Waals surface area contributed by atoms with E-state index in [2.05, 4.69) is 0 Å². The molecule has 0 fully saturated rings. The second kappa shape index (κ2) is 5.73. The Bertz CT molecular complexity index is 586. The molecule has 0 saturated heterocycles. The summed E-state index contributed by atoms with van der Waals surface area (Å²) in [5.41, 5.74) is 7.07. The minimum absolute atomic E-state index is 0.678. The summed E-state index contributed by atoms with van der Waals surface area (Å²) in [6, 6.07) is 14.2. The number of carboxylic acid groups (broad SMARTS) is 1. The quantitative estimate of drug-likeness (QED) is 0.650. The molecule has 2 rings (SSSR count). The fraction of sp³-hybridized carbons (Fsp3) is 0. The van der Waals surface area contributed by atoms with Crippen LogP contribution in [-0.4, -0.2) is 11.1 Å². The molecule has 0 atom stereocenters. The third-order valence-electron chi connectivity index (χ3n) is 2.41. The summed E-state index contributed by atoms with van der Waals surface area (Å²) in [5, 5.41) is 8.52. The molecule has 0 amide bonds. The van der Waals surface area contributed by atoms with E-state index in [9.17, 15) is 4.79 Å². The van der Waals surface area contributed by atoms with Gasteiger partial charge in [-0.25, -0.2) is 4.79 Å². The highest BCUT2D eigenvalue weighted by Crippen LogP contribution is 2.22. The average molecular weight is 255 g/mol. The van der Waals surface area contributed by atoms with Crippen LogP contribution in [0, 0.1) is 0 Å². The predicted molar refractivity (Wildman–Crippen MR) is 74.0 cm³/mol. The van der Waals surface area contributed by atoms with E-state index in [0.717, 1.165) is 11.6 Å². The van der Waals surface area contributed by atoms with Gasteiger partial charge in [-0.15, -0.1) is 0 Å². The molecule has 4 nitrogen and oxygen atoms in total. The van der Waals surface area contributed by atoms with Gasteiger partial charge in [-0.3, -0.25) is 0 Å². The van der Waals surface area contributed by atoms with Crippen molar-refractivity contribution in [2.75, 3.05) is 5.73 Å². The molecule has 0 aliphatic rings. The number of hydrogen-bond acceptors (Lipinski definition) is 3. The summed E-state index contributed by atoms with van der Waals surface area (Å²) in [6.07, 6.45) is 2.62. The van der Waals surface area contributed by atoms with Crippen LogP contribution in [0.5, 0.6) is 11.5 Å². The highest BCUT2D eigenvalue weighted by atomic mass is 16.5. The monoisotopic (exact) mass is 255 g/mol. The third-order valence-corrected chi connectivity index (χ3v) is 2.41. The molecule has 19 heavy (non-hydrogen) atoms. The highest BCUT2D eigenvalue weighted by molar-refractivity contribution is 5.85. The van der Waals surface area contributed by atoms with Gasteiger partial charge < -0.3 is 15.6 Å². The summed E-state index contributed by atoms with van der Waals surface area (Å²) >= 11 is 0. The number of anilines is 1. The van der Waals surface area contributed by atoms with Crippen LogP contribution in [0.3, 0.4) is 0 Å². The zero-order valence-electron chi connectivity index (χ0n) is 10.1. The largest absolute Gasteiger partial charge is 0.478 e. The molecule has 0 spiro atoms. The molecule has 96 valence electrons. The van der Waals surface area contributed by atoms with Gasteiger partial charge in [0.2, 0.25) is 0 Å². The molecule has 0 radical (unpaired) electrons. The fourth-order valence-electron chi connectivity index (χ4n) is 1.49. The van der Waals surface area contributed by atoms with E-state index in [-0.39, 0.29) is 0 Å². The van der Waals surface area contributed by atoms with Gasteiger partial charge >= 0.3 is 5.97 Å². The van der Waals surface area contributed by atoms with Crippen LogP contribution in [0.1, 0.15) is 5.56 Å². The predicted octanol–water partition coefficient (Wildman–Crippen LogP) is 3.16. The Labute approximate surface area is 110 Å². The second-order valence-electron chi connectivity index (χ2n) is 3.91. The van der Waals surface area contributed by atoms with Crippen LogP contribution in [-0.2, 0) is 4.79 Å². The first kappa shape index (κ1) is 12.7. The van der Waals surface area contributed by atoms with Crippen molar-refractivity contribution >= 4 is 17.7 Å². The molecular formula is C15H13NO3. The normalized spacial score (nSPS) is 10.5. The van der Waals surface area contributed by atoms with E-state index < -0.39 is 5.97 Å². The van der Waals surface area contributed by atoms with E-state index in [1.807, 2.05) is 0 Å². The van der Waals surface area contributed by atoms with Crippen molar-refractivity contribution in [3.63, 3.8) is 0 Å². The van der Waals surface area contributed by atoms with E-state index >= 15 is 0 Å². The van der Waals surface area contributed by atoms with Crippen molar-refractivity contribution in [2.24, 2.45) is 0 Å². The molecule has 0 bridgehead atoms. The van der Waals surface area contributed by atoms with Crippen molar-refractivity contribution in [3.8, 4) is 11.5 Å². The Kier molecular flexibility index (Phi) is 3.83. The van der Waals surface area contributed by atoms with Crippen LogP contribution in [0.15, 0.2) is 54.6 Å². The highest BCUT2D eigenvalue weighted by Gasteiger charge is 1.97. The van der Waals surface area contributed by atoms with Crippen molar-refractivity contribution in [1.29, 1.82) is 0 Å². The maximum absolute atomic E-state index is 10.4. The standard InChI is InChI=1S/C15H13NO3/c16-12-4-8-14(9-5-12)19-13-6-1-11(2-7-13)3-10-15(17)18/h1-10H,16H2,(H,17,18). The van der Waals surface area contributed by atoms with Gasteiger partial charge in [0, 0.05) is 11.8 Å². The van der Waals surface area contributed by atoms with Gasteiger partial charge in [0.1, 0.15) is 11.5 Å². The van der Waals surface area contributed by atoms with Gasteiger partial charge in [-0.05, 0) is 48.0 Å². The number of carbonyl (C=O) groups is 1. The zero-order chi connectivity index (χ0) is 13.7. The minimum Gasteiger partial charge on any atom is -0.478 e. The van der Waals surface area contributed by atoms with Crippen LogP contribution in [0.2, 0.25) is 0 Å². The summed E-state index contributed by atoms with van der Waals surface area (Å²) in [6.45, 7) is 0. The zero-order valence-corrected chi connectivity index (χ0v) is 10.1. The Hall–Kier alpha value is -2.75. The lowest BCUT2D eigenvalue weighted by molar-refractivity contribution is -0.131. The fourth-order valence-corrected chi connectivity index (χ4v) is 1.49. The molecule has 2 aromatic carbocycles. The van der Waals surface area contributed by atoms with E-state index in [1.165, 1.54) is 6.08 Å².